The number of alkyl halides is 2. The minimum Gasteiger partial charge on any atom is -0.434 e. The summed E-state index contributed by atoms with van der Waals surface area (Å²) in [5.74, 6) is -0.285. The maximum absolute atomic E-state index is 12.2. The molecule has 0 radical (unpaired) electrons. The van der Waals surface area contributed by atoms with E-state index in [9.17, 15) is 13.6 Å². The van der Waals surface area contributed by atoms with Crippen LogP contribution in [0.1, 0.15) is 17.3 Å². The Hall–Kier alpha value is -1.69. The van der Waals surface area contributed by atoms with Gasteiger partial charge in [-0.05, 0) is 31.6 Å². The molecular formula is C13H18F2N2O2. The topological polar surface area (TPSA) is 50.4 Å². The van der Waals surface area contributed by atoms with Crippen molar-refractivity contribution in [2.24, 2.45) is 5.92 Å². The quantitative estimate of drug-likeness (QED) is 0.796. The summed E-state index contributed by atoms with van der Waals surface area (Å²) in [5, 5.41) is 5.69. The van der Waals surface area contributed by atoms with Gasteiger partial charge >= 0.3 is 6.61 Å². The third-order valence-corrected chi connectivity index (χ3v) is 2.51. The van der Waals surface area contributed by atoms with Crippen LogP contribution < -0.4 is 15.4 Å². The van der Waals surface area contributed by atoms with E-state index in [0.29, 0.717) is 6.54 Å². The second-order valence-electron chi connectivity index (χ2n) is 4.25. The fourth-order valence-corrected chi connectivity index (χ4v) is 1.64. The second kappa shape index (κ2) is 7.68. The Balaban J connectivity index is 2.66. The van der Waals surface area contributed by atoms with Gasteiger partial charge in [0.15, 0.2) is 0 Å². The molecule has 0 aromatic heterocycles. The van der Waals surface area contributed by atoms with Gasteiger partial charge in [0.2, 0.25) is 0 Å². The van der Waals surface area contributed by atoms with Crippen LogP contribution in [-0.4, -0.2) is 32.7 Å². The van der Waals surface area contributed by atoms with Crippen molar-refractivity contribution in [2.45, 2.75) is 13.5 Å². The van der Waals surface area contributed by atoms with Gasteiger partial charge in [0.05, 0.1) is 5.56 Å². The van der Waals surface area contributed by atoms with Crippen molar-refractivity contribution in [3.63, 3.8) is 0 Å². The van der Waals surface area contributed by atoms with Gasteiger partial charge in [-0.3, -0.25) is 4.79 Å². The number of hydrogen-bond acceptors (Lipinski definition) is 3. The van der Waals surface area contributed by atoms with Crippen LogP contribution in [0.3, 0.4) is 0 Å². The van der Waals surface area contributed by atoms with Crippen LogP contribution in [0, 0.1) is 5.92 Å². The van der Waals surface area contributed by atoms with Gasteiger partial charge in [-0.2, -0.15) is 8.78 Å². The molecule has 0 saturated carbocycles. The van der Waals surface area contributed by atoms with Gasteiger partial charge in [0.1, 0.15) is 5.75 Å². The van der Waals surface area contributed by atoms with Crippen molar-refractivity contribution in [3.05, 3.63) is 29.8 Å². The molecule has 1 atom stereocenters. The summed E-state index contributed by atoms with van der Waals surface area (Å²) in [6.45, 7) is 0.244. The van der Waals surface area contributed by atoms with Crippen molar-refractivity contribution in [2.75, 3.05) is 20.1 Å². The molecule has 0 aliphatic carbocycles. The SMILES string of the molecule is CNCC(C)CNC(=O)c1ccccc1OC(F)F. The average Bonchev–Trinajstić information content (AvgIpc) is 2.36. The maximum Gasteiger partial charge on any atom is 0.387 e. The summed E-state index contributed by atoms with van der Waals surface area (Å²) in [6.07, 6.45) is 0. The number of carbonyl (C=O) groups is 1. The summed E-state index contributed by atoms with van der Waals surface area (Å²) in [6, 6.07) is 5.94. The molecule has 1 aromatic carbocycles. The standard InChI is InChI=1S/C13H18F2N2O2/c1-9(7-16-2)8-17-12(18)10-5-3-4-6-11(10)19-13(14)15/h3-6,9,13,16H,7-8H2,1-2H3,(H,17,18). The zero-order valence-corrected chi connectivity index (χ0v) is 11.0. The number of nitrogens with one attached hydrogen (secondary N) is 2. The van der Waals surface area contributed by atoms with E-state index >= 15 is 0 Å². The predicted octanol–water partition coefficient (Wildman–Crippen LogP) is 1.87. The Bertz CT molecular complexity index is 413. The van der Waals surface area contributed by atoms with Crippen molar-refractivity contribution in [1.82, 2.24) is 10.6 Å². The molecule has 106 valence electrons. The molecule has 0 aliphatic heterocycles. The van der Waals surface area contributed by atoms with Crippen LogP contribution in [0.25, 0.3) is 0 Å². The molecule has 1 unspecified atom stereocenters. The highest BCUT2D eigenvalue weighted by molar-refractivity contribution is 5.96. The number of benzene rings is 1. The lowest BCUT2D eigenvalue weighted by atomic mass is 10.1. The largest absolute Gasteiger partial charge is 0.434 e. The molecule has 1 amide bonds. The van der Waals surface area contributed by atoms with Crippen LogP contribution in [0.5, 0.6) is 5.75 Å². The van der Waals surface area contributed by atoms with E-state index in [1.807, 2.05) is 14.0 Å². The van der Waals surface area contributed by atoms with E-state index in [-0.39, 0.29) is 17.2 Å². The molecule has 0 bridgehead atoms. The number of hydrogen-bond donors (Lipinski definition) is 2. The molecule has 0 spiro atoms. The number of ether oxygens (including phenoxy) is 1. The summed E-state index contributed by atoms with van der Waals surface area (Å²) < 4.78 is 28.7. The highest BCUT2D eigenvalue weighted by atomic mass is 19.3. The Morgan fingerprint density at radius 3 is 2.63 bits per heavy atom. The molecule has 0 aliphatic rings. The van der Waals surface area contributed by atoms with Gasteiger partial charge in [-0.1, -0.05) is 19.1 Å². The Morgan fingerprint density at radius 2 is 2.00 bits per heavy atom. The van der Waals surface area contributed by atoms with E-state index in [1.54, 1.807) is 6.07 Å². The minimum absolute atomic E-state index is 0.111. The first kappa shape index (κ1) is 15.4. The average molecular weight is 272 g/mol. The van der Waals surface area contributed by atoms with E-state index in [4.69, 9.17) is 0 Å². The van der Waals surface area contributed by atoms with Gasteiger partial charge in [0, 0.05) is 6.54 Å². The third-order valence-electron chi connectivity index (χ3n) is 2.51. The maximum atomic E-state index is 12.2. The highest BCUT2D eigenvalue weighted by Gasteiger charge is 2.15. The smallest absolute Gasteiger partial charge is 0.387 e. The van der Waals surface area contributed by atoms with E-state index < -0.39 is 12.5 Å². The van der Waals surface area contributed by atoms with E-state index in [1.165, 1.54) is 18.2 Å². The monoisotopic (exact) mass is 272 g/mol. The third kappa shape index (κ3) is 5.21. The first-order valence-electron chi connectivity index (χ1n) is 6.01. The van der Waals surface area contributed by atoms with Crippen molar-refractivity contribution in [1.29, 1.82) is 0 Å². The number of carbonyl (C=O) groups excluding carboxylic acids is 1. The number of para-hydroxylation sites is 1. The van der Waals surface area contributed by atoms with Gasteiger partial charge in [0.25, 0.3) is 5.91 Å². The zero-order valence-electron chi connectivity index (χ0n) is 11.0. The molecule has 2 N–H and O–H groups in total. The van der Waals surface area contributed by atoms with Crippen LogP contribution in [0.2, 0.25) is 0 Å². The molecule has 6 heteroatoms. The van der Waals surface area contributed by atoms with Gasteiger partial charge < -0.3 is 15.4 Å². The summed E-state index contributed by atoms with van der Waals surface area (Å²) in [5.41, 5.74) is 0.111. The Kier molecular flexibility index (Phi) is 6.21. The van der Waals surface area contributed by atoms with Crippen LogP contribution in [0.15, 0.2) is 24.3 Å². The van der Waals surface area contributed by atoms with Crippen molar-refractivity contribution < 1.29 is 18.3 Å². The molecular weight excluding hydrogens is 254 g/mol. The summed E-state index contributed by atoms with van der Waals surface area (Å²) in [4.78, 5) is 11.9. The highest BCUT2D eigenvalue weighted by Crippen LogP contribution is 2.20. The zero-order chi connectivity index (χ0) is 14.3. The lowest BCUT2D eigenvalue weighted by Gasteiger charge is -2.14. The van der Waals surface area contributed by atoms with Crippen molar-refractivity contribution >= 4 is 5.91 Å². The Morgan fingerprint density at radius 1 is 1.32 bits per heavy atom. The normalized spacial score (nSPS) is 12.3. The summed E-state index contributed by atoms with van der Waals surface area (Å²) >= 11 is 0. The van der Waals surface area contributed by atoms with Crippen LogP contribution in [0.4, 0.5) is 8.78 Å². The van der Waals surface area contributed by atoms with Crippen molar-refractivity contribution in [3.8, 4) is 5.75 Å². The van der Waals surface area contributed by atoms with Crippen LogP contribution in [-0.2, 0) is 0 Å². The Labute approximate surface area is 111 Å². The number of amides is 1. The first-order valence-corrected chi connectivity index (χ1v) is 6.01. The molecule has 19 heavy (non-hydrogen) atoms. The lowest BCUT2D eigenvalue weighted by Crippen LogP contribution is -2.32. The fraction of sp³-hybridized carbons (Fsp3) is 0.462. The number of halogens is 2. The number of rotatable bonds is 7. The predicted molar refractivity (Wildman–Crippen MR) is 68.5 cm³/mol. The minimum atomic E-state index is -2.95. The molecule has 0 fully saturated rings. The fourth-order valence-electron chi connectivity index (χ4n) is 1.64. The van der Waals surface area contributed by atoms with Gasteiger partial charge in [-0.25, -0.2) is 0 Å². The summed E-state index contributed by atoms with van der Waals surface area (Å²) in [7, 11) is 1.82. The van der Waals surface area contributed by atoms with Gasteiger partial charge in [-0.15, -0.1) is 0 Å². The molecule has 1 aromatic rings. The molecule has 1 rings (SSSR count). The second-order valence-corrected chi connectivity index (χ2v) is 4.25. The van der Waals surface area contributed by atoms with Crippen LogP contribution >= 0.6 is 0 Å². The molecule has 0 heterocycles. The van der Waals surface area contributed by atoms with E-state index in [0.717, 1.165) is 6.54 Å². The van der Waals surface area contributed by atoms with E-state index in [2.05, 4.69) is 15.4 Å². The first-order chi connectivity index (χ1) is 9.04. The lowest BCUT2D eigenvalue weighted by molar-refractivity contribution is -0.0501. The molecule has 0 saturated heterocycles. The molecule has 4 nitrogen and oxygen atoms in total.